The first-order valence-electron chi connectivity index (χ1n) is 13.1. The summed E-state index contributed by atoms with van der Waals surface area (Å²) < 4.78 is 9.33. The van der Waals surface area contributed by atoms with E-state index in [1.165, 1.54) is 0 Å². The molecule has 11 atom stereocenters. The third kappa shape index (κ3) is 3.36. The molecule has 0 aromatic heterocycles. The topological polar surface area (TPSA) is 77.8 Å². The quantitative estimate of drug-likeness (QED) is 0.575. The molecule has 0 bridgehead atoms. The van der Waals surface area contributed by atoms with E-state index in [0.717, 1.165) is 57.8 Å². The van der Waals surface area contributed by atoms with Crippen LogP contribution in [-0.2, 0) is 4.79 Å². The standard InChI is InChI=1S/C26H44O4/c1-5-17-21-14-16(27)10-12-26(21,4)20-11-13-25(3)18(15(2)6-9-22(28)29)7-8-19(25)23(20)24(17)30/h15-21,23-24,27,30H,5-14H2,1-4H3,(H,28,29)/t15-,16-,17-,18-,19?,20?,21+,23?,24?,25-,26-/m1/s1/i24T. The lowest BCUT2D eigenvalue weighted by atomic mass is 9.41. The summed E-state index contributed by atoms with van der Waals surface area (Å²) in [7, 11) is 0. The van der Waals surface area contributed by atoms with Crippen molar-refractivity contribution in [1.29, 1.82) is 0 Å². The van der Waals surface area contributed by atoms with Crippen molar-refractivity contribution in [1.82, 2.24) is 0 Å². The Morgan fingerprint density at radius 3 is 2.40 bits per heavy atom. The molecule has 30 heavy (non-hydrogen) atoms. The van der Waals surface area contributed by atoms with E-state index in [1.807, 2.05) is 0 Å². The molecule has 0 aromatic rings. The molecule has 4 fully saturated rings. The molecule has 0 radical (unpaired) electrons. The second kappa shape index (κ2) is 8.06. The van der Waals surface area contributed by atoms with Gasteiger partial charge in [-0.2, -0.15) is 0 Å². The van der Waals surface area contributed by atoms with Gasteiger partial charge in [-0.05, 0) is 104 Å². The molecule has 0 heterocycles. The number of rotatable bonds is 5. The molecule has 4 aliphatic rings. The number of aliphatic hydroxyl groups is 2. The summed E-state index contributed by atoms with van der Waals surface area (Å²) in [6, 6.07) is 0. The van der Waals surface area contributed by atoms with E-state index in [2.05, 4.69) is 27.7 Å². The molecule has 4 heteroatoms. The SMILES string of the molecule is [3H]C1(O)C2C3CC[C@H]([C@H](C)CCC(=O)O)[C@@]3(C)CCC2[C@@]2(C)CC[C@@H](O)C[C@H]2[C@H]1CC. The molecule has 4 rings (SSSR count). The second-order valence-corrected chi connectivity index (χ2v) is 11.9. The normalized spacial score (nSPS) is 54.5. The smallest absolute Gasteiger partial charge is 0.303 e. The average molecular weight is 423 g/mol. The van der Waals surface area contributed by atoms with Crippen molar-refractivity contribution in [2.45, 2.75) is 104 Å². The number of hydrogen-bond donors (Lipinski definition) is 3. The fraction of sp³-hybridized carbons (Fsp3) is 0.962. The molecule has 3 N–H and O–H groups in total. The summed E-state index contributed by atoms with van der Waals surface area (Å²) in [5, 5.41) is 31.4. The van der Waals surface area contributed by atoms with E-state index < -0.39 is 12.0 Å². The van der Waals surface area contributed by atoms with Crippen LogP contribution in [-0.4, -0.2) is 33.5 Å². The molecule has 0 aliphatic heterocycles. The van der Waals surface area contributed by atoms with E-state index >= 15 is 0 Å². The maximum absolute atomic E-state index is 11.8. The van der Waals surface area contributed by atoms with Crippen LogP contribution in [0.2, 0.25) is 0 Å². The minimum Gasteiger partial charge on any atom is -0.481 e. The minimum atomic E-state index is -1.44. The van der Waals surface area contributed by atoms with Crippen LogP contribution in [0.3, 0.4) is 0 Å². The largest absolute Gasteiger partial charge is 0.481 e. The molecular weight excluding hydrogens is 376 g/mol. The van der Waals surface area contributed by atoms with Crippen molar-refractivity contribution < 1.29 is 21.5 Å². The zero-order valence-electron chi connectivity index (χ0n) is 20.4. The number of carboxylic acids is 1. The first-order chi connectivity index (χ1) is 14.5. The highest BCUT2D eigenvalue weighted by Crippen LogP contribution is 2.69. The van der Waals surface area contributed by atoms with Gasteiger partial charge in [0.25, 0.3) is 0 Å². The van der Waals surface area contributed by atoms with Gasteiger partial charge in [0.1, 0.15) is 0 Å². The van der Waals surface area contributed by atoms with E-state index in [4.69, 9.17) is 5.11 Å². The van der Waals surface area contributed by atoms with Crippen molar-refractivity contribution in [3.63, 3.8) is 0 Å². The maximum atomic E-state index is 11.8. The van der Waals surface area contributed by atoms with Crippen LogP contribution < -0.4 is 0 Å². The third-order valence-corrected chi connectivity index (χ3v) is 10.7. The van der Waals surface area contributed by atoms with E-state index in [-0.39, 0.29) is 41.1 Å². The van der Waals surface area contributed by atoms with Crippen LogP contribution in [0.15, 0.2) is 0 Å². The molecular formula is C26H44O4. The van der Waals surface area contributed by atoms with Gasteiger partial charge in [-0.25, -0.2) is 0 Å². The minimum absolute atomic E-state index is 0.00985. The summed E-state index contributed by atoms with van der Waals surface area (Å²) >= 11 is 0. The molecule has 4 aliphatic carbocycles. The van der Waals surface area contributed by atoms with Crippen molar-refractivity contribution in [3.05, 3.63) is 0 Å². The van der Waals surface area contributed by atoms with Crippen molar-refractivity contribution >= 4 is 5.97 Å². The Morgan fingerprint density at radius 2 is 1.73 bits per heavy atom. The highest BCUT2D eigenvalue weighted by molar-refractivity contribution is 5.66. The van der Waals surface area contributed by atoms with Gasteiger partial charge in [0, 0.05) is 6.42 Å². The van der Waals surface area contributed by atoms with Crippen LogP contribution in [0.1, 0.15) is 93.3 Å². The Bertz CT molecular complexity index is 695. The lowest BCUT2D eigenvalue weighted by Gasteiger charge is -2.64. The van der Waals surface area contributed by atoms with Crippen LogP contribution in [0, 0.1) is 52.3 Å². The van der Waals surface area contributed by atoms with Crippen LogP contribution >= 0.6 is 0 Å². The summed E-state index contributed by atoms with van der Waals surface area (Å²) in [5.41, 5.74) is 0.190. The summed E-state index contributed by atoms with van der Waals surface area (Å²) in [4.78, 5) is 11.1. The first kappa shape index (κ1) is 21.2. The number of fused-ring (bicyclic) bond motifs is 5. The predicted molar refractivity (Wildman–Crippen MR) is 118 cm³/mol. The zero-order valence-corrected chi connectivity index (χ0v) is 19.4. The second-order valence-electron chi connectivity index (χ2n) is 11.9. The molecule has 172 valence electrons. The van der Waals surface area contributed by atoms with Gasteiger partial charge in [-0.15, -0.1) is 0 Å². The van der Waals surface area contributed by atoms with Gasteiger partial charge < -0.3 is 15.3 Å². The first-order valence-corrected chi connectivity index (χ1v) is 12.6. The Balaban J connectivity index is 1.67. The van der Waals surface area contributed by atoms with Gasteiger partial charge >= 0.3 is 5.97 Å². The Labute approximate surface area is 184 Å². The highest BCUT2D eigenvalue weighted by Gasteiger charge is 2.64. The summed E-state index contributed by atoms with van der Waals surface area (Å²) in [6.07, 6.45) is 6.93. The van der Waals surface area contributed by atoms with Gasteiger partial charge in [-0.1, -0.05) is 34.1 Å². The van der Waals surface area contributed by atoms with Gasteiger partial charge in [0.15, 0.2) is 0 Å². The summed E-state index contributed by atoms with van der Waals surface area (Å²) in [6.45, 7) is 9.12. The number of carboxylic acid groups (broad SMARTS) is 1. The molecule has 0 aromatic carbocycles. The summed E-state index contributed by atoms with van der Waals surface area (Å²) in [5.74, 6) is 0.941. The Morgan fingerprint density at radius 1 is 1.07 bits per heavy atom. The lowest BCUT2D eigenvalue weighted by molar-refractivity contribution is -0.203. The molecule has 0 saturated heterocycles. The number of aliphatic hydroxyl groups excluding tert-OH is 1. The van der Waals surface area contributed by atoms with Crippen molar-refractivity contribution in [2.24, 2.45) is 52.3 Å². The zero-order chi connectivity index (χ0) is 22.8. The molecule has 4 unspecified atom stereocenters. The maximum Gasteiger partial charge on any atom is 0.303 e. The molecule has 4 nitrogen and oxygen atoms in total. The average Bonchev–Trinajstić information content (AvgIpc) is 3.04. The number of carbonyl (C=O) groups is 1. The lowest BCUT2D eigenvalue weighted by Crippen LogP contribution is -2.62. The van der Waals surface area contributed by atoms with Crippen LogP contribution in [0.4, 0.5) is 0 Å². The third-order valence-electron chi connectivity index (χ3n) is 10.7. The fourth-order valence-corrected chi connectivity index (χ4v) is 9.19. The van der Waals surface area contributed by atoms with Gasteiger partial charge in [0.2, 0.25) is 0 Å². The van der Waals surface area contributed by atoms with Crippen LogP contribution in [0.25, 0.3) is 0 Å². The molecule has 0 amide bonds. The monoisotopic (exact) mass is 422 g/mol. The fourth-order valence-electron chi connectivity index (χ4n) is 9.19. The van der Waals surface area contributed by atoms with Crippen molar-refractivity contribution in [3.8, 4) is 0 Å². The van der Waals surface area contributed by atoms with Gasteiger partial charge in [-0.3, -0.25) is 4.79 Å². The van der Waals surface area contributed by atoms with Gasteiger partial charge in [0.05, 0.1) is 13.6 Å². The van der Waals surface area contributed by atoms with E-state index in [0.29, 0.717) is 23.7 Å². The van der Waals surface area contributed by atoms with E-state index in [9.17, 15) is 16.4 Å². The Hall–Kier alpha value is -0.610. The predicted octanol–water partition coefficient (Wildman–Crippen LogP) is 5.11. The van der Waals surface area contributed by atoms with E-state index in [1.54, 1.807) is 0 Å². The number of aliphatic carboxylic acids is 1. The van der Waals surface area contributed by atoms with Crippen molar-refractivity contribution in [2.75, 3.05) is 0 Å². The number of hydrogen-bond acceptors (Lipinski definition) is 3. The molecule has 0 spiro atoms. The highest BCUT2D eigenvalue weighted by atomic mass is 16.4. The van der Waals surface area contributed by atoms with Crippen LogP contribution in [0.5, 0.6) is 0 Å². The molecule has 4 saturated carbocycles. The Kier molecular flexibility index (Phi) is 5.71.